The second kappa shape index (κ2) is 7.47. The van der Waals surface area contributed by atoms with E-state index < -0.39 is 0 Å². The molecule has 2 amide bonds. The first kappa shape index (κ1) is 17.1. The van der Waals surface area contributed by atoms with Gasteiger partial charge in [-0.15, -0.1) is 0 Å². The zero-order chi connectivity index (χ0) is 17.8. The third-order valence-electron chi connectivity index (χ3n) is 4.59. The highest BCUT2D eigenvalue weighted by Gasteiger charge is 2.39. The molecular weight excluding hydrogens is 321 g/mol. The largest absolute Gasteiger partial charge is 0.508 e. The lowest BCUT2D eigenvalue weighted by atomic mass is 9.94. The maximum absolute atomic E-state index is 12.2. The molecule has 1 aliphatic heterocycles. The van der Waals surface area contributed by atoms with E-state index in [1.165, 1.54) is 35.6 Å². The van der Waals surface area contributed by atoms with Crippen LogP contribution in [-0.2, 0) is 0 Å². The first-order valence-corrected chi connectivity index (χ1v) is 8.49. The van der Waals surface area contributed by atoms with E-state index in [-0.39, 0.29) is 29.4 Å². The van der Waals surface area contributed by atoms with Gasteiger partial charge >= 0.3 is 0 Å². The summed E-state index contributed by atoms with van der Waals surface area (Å²) in [5.41, 5.74) is 1.14. The molecule has 25 heavy (non-hydrogen) atoms. The first-order valence-electron chi connectivity index (χ1n) is 8.49. The van der Waals surface area contributed by atoms with Crippen molar-refractivity contribution in [1.82, 2.24) is 4.90 Å². The number of nitrogens with zero attached hydrogens (tertiary/aromatic N) is 1. The summed E-state index contributed by atoms with van der Waals surface area (Å²) < 4.78 is 12.0. The monoisotopic (exact) mass is 341 g/mol. The summed E-state index contributed by atoms with van der Waals surface area (Å²) in [4.78, 5) is 25.9. The molecule has 5 heteroatoms. The Labute approximate surface area is 145 Å². The van der Waals surface area contributed by atoms with Gasteiger partial charge in [-0.3, -0.25) is 14.5 Å². The normalized spacial score (nSPS) is 17.1. The fraction of sp³-hybridized carbons (Fsp3) is 0.300. The van der Waals surface area contributed by atoms with Gasteiger partial charge in [0.05, 0.1) is 11.1 Å². The van der Waals surface area contributed by atoms with Gasteiger partial charge in [-0.25, -0.2) is 4.39 Å². The van der Waals surface area contributed by atoms with Crippen LogP contribution in [0.25, 0.3) is 0 Å². The van der Waals surface area contributed by atoms with Gasteiger partial charge < -0.3 is 5.11 Å². The van der Waals surface area contributed by atoms with Crippen molar-refractivity contribution in [3.8, 4) is 5.75 Å². The van der Waals surface area contributed by atoms with Gasteiger partial charge in [0.15, 0.2) is 0 Å². The summed E-state index contributed by atoms with van der Waals surface area (Å²) in [6, 6.07) is 12.3. The van der Waals surface area contributed by atoms with Crippen LogP contribution in [0.5, 0.6) is 5.75 Å². The third-order valence-corrected chi connectivity index (χ3v) is 4.59. The number of amides is 2. The molecular formula is C20H20FNO3. The number of phenols is 1. The maximum Gasteiger partial charge on any atom is 0.261 e. The van der Waals surface area contributed by atoms with Gasteiger partial charge in [0, 0.05) is 6.04 Å². The molecule has 1 fully saturated rings. The summed E-state index contributed by atoms with van der Waals surface area (Å²) in [5, 5.41) is 8.59. The lowest BCUT2D eigenvalue weighted by Crippen LogP contribution is -2.40. The van der Waals surface area contributed by atoms with Crippen LogP contribution in [0.15, 0.2) is 48.5 Å². The van der Waals surface area contributed by atoms with Crippen LogP contribution in [-0.4, -0.2) is 27.9 Å². The van der Waals surface area contributed by atoms with E-state index in [4.69, 9.17) is 5.11 Å². The standard InChI is InChI=1S/C14H15NO2.C6H5FO/c16-13-11-8-4-5-9-12(11)14(17)15(13)10-6-2-1-3-7-10;7-5-1-3-6(8)4-2-5/h4-5,8-10H,1-3,6-7H2;1-4,8H. The average Bonchev–Trinajstić information content (AvgIpc) is 2.90. The molecule has 0 spiro atoms. The molecule has 0 bridgehead atoms. The Morgan fingerprint density at radius 1 is 0.840 bits per heavy atom. The Morgan fingerprint density at radius 3 is 1.84 bits per heavy atom. The van der Waals surface area contributed by atoms with Crippen LogP contribution in [0.2, 0.25) is 0 Å². The van der Waals surface area contributed by atoms with Crippen molar-refractivity contribution >= 4 is 11.8 Å². The zero-order valence-electron chi connectivity index (χ0n) is 13.8. The summed E-state index contributed by atoms with van der Waals surface area (Å²) >= 11 is 0. The van der Waals surface area contributed by atoms with Crippen LogP contribution in [0.1, 0.15) is 52.8 Å². The topological polar surface area (TPSA) is 57.6 Å². The molecule has 0 radical (unpaired) electrons. The highest BCUT2D eigenvalue weighted by molar-refractivity contribution is 6.21. The van der Waals surface area contributed by atoms with Crippen molar-refractivity contribution in [1.29, 1.82) is 0 Å². The number of hydrogen-bond acceptors (Lipinski definition) is 3. The van der Waals surface area contributed by atoms with Crippen molar-refractivity contribution in [2.24, 2.45) is 0 Å². The third kappa shape index (κ3) is 3.71. The Hall–Kier alpha value is -2.69. The molecule has 0 aromatic heterocycles. The van der Waals surface area contributed by atoms with E-state index in [9.17, 15) is 14.0 Å². The molecule has 2 aliphatic rings. The molecule has 0 unspecified atom stereocenters. The highest BCUT2D eigenvalue weighted by Crippen LogP contribution is 2.30. The zero-order valence-corrected chi connectivity index (χ0v) is 13.8. The minimum atomic E-state index is -0.331. The van der Waals surface area contributed by atoms with E-state index in [0.717, 1.165) is 25.7 Å². The number of benzene rings is 2. The number of phenolic OH excluding ortho intramolecular Hbond substituents is 1. The molecule has 2 aromatic carbocycles. The van der Waals surface area contributed by atoms with Gasteiger partial charge in [-0.2, -0.15) is 0 Å². The van der Waals surface area contributed by atoms with E-state index in [1.54, 1.807) is 12.1 Å². The molecule has 1 N–H and O–H groups in total. The SMILES string of the molecule is O=C1c2ccccc2C(=O)N1C1CCCCC1.Oc1ccc(F)cc1. The number of carbonyl (C=O) groups excluding carboxylic acids is 2. The van der Waals surface area contributed by atoms with Crippen LogP contribution in [0, 0.1) is 5.82 Å². The number of carbonyl (C=O) groups is 2. The maximum atomic E-state index is 12.2. The van der Waals surface area contributed by atoms with E-state index in [0.29, 0.717) is 11.1 Å². The Balaban J connectivity index is 0.000000192. The van der Waals surface area contributed by atoms with Crippen molar-refractivity contribution in [2.75, 3.05) is 0 Å². The number of hydrogen-bond donors (Lipinski definition) is 1. The Kier molecular flexibility index (Phi) is 5.12. The van der Waals surface area contributed by atoms with Crippen LogP contribution in [0.3, 0.4) is 0 Å². The Bertz CT molecular complexity index is 711. The number of fused-ring (bicyclic) bond motifs is 1. The number of rotatable bonds is 1. The number of aromatic hydroxyl groups is 1. The predicted molar refractivity (Wildman–Crippen MR) is 91.9 cm³/mol. The lowest BCUT2D eigenvalue weighted by Gasteiger charge is -2.29. The predicted octanol–water partition coefficient (Wildman–Crippen LogP) is 4.15. The Morgan fingerprint density at radius 2 is 1.36 bits per heavy atom. The van der Waals surface area contributed by atoms with Crippen LogP contribution in [0.4, 0.5) is 4.39 Å². The quantitative estimate of drug-likeness (QED) is 0.793. The highest BCUT2D eigenvalue weighted by atomic mass is 19.1. The molecule has 1 heterocycles. The molecule has 1 aliphatic carbocycles. The van der Waals surface area contributed by atoms with Crippen molar-refractivity contribution in [3.63, 3.8) is 0 Å². The minimum absolute atomic E-state index is 0.0893. The second-order valence-electron chi connectivity index (χ2n) is 6.29. The summed E-state index contributed by atoms with van der Waals surface area (Å²) in [5.74, 6) is -0.441. The fourth-order valence-electron chi connectivity index (χ4n) is 3.32. The van der Waals surface area contributed by atoms with Crippen molar-refractivity contribution < 1.29 is 19.1 Å². The average molecular weight is 341 g/mol. The fourth-order valence-corrected chi connectivity index (χ4v) is 3.32. The summed E-state index contributed by atoms with van der Waals surface area (Å²) in [6.07, 6.45) is 5.40. The van der Waals surface area contributed by atoms with Gasteiger partial charge in [0.1, 0.15) is 11.6 Å². The van der Waals surface area contributed by atoms with E-state index in [1.807, 2.05) is 12.1 Å². The molecule has 1 saturated carbocycles. The van der Waals surface area contributed by atoms with Gasteiger partial charge in [0.25, 0.3) is 11.8 Å². The molecule has 4 rings (SSSR count). The summed E-state index contributed by atoms with van der Waals surface area (Å²) in [6.45, 7) is 0. The van der Waals surface area contributed by atoms with Crippen molar-refractivity contribution in [3.05, 3.63) is 65.5 Å². The molecule has 130 valence electrons. The second-order valence-corrected chi connectivity index (χ2v) is 6.29. The van der Waals surface area contributed by atoms with Crippen LogP contribution >= 0.6 is 0 Å². The van der Waals surface area contributed by atoms with E-state index in [2.05, 4.69) is 0 Å². The molecule has 0 saturated heterocycles. The number of imide groups is 1. The van der Waals surface area contributed by atoms with Crippen LogP contribution < -0.4 is 0 Å². The molecule has 0 atom stereocenters. The van der Waals surface area contributed by atoms with Gasteiger partial charge in [-0.1, -0.05) is 31.4 Å². The van der Waals surface area contributed by atoms with Gasteiger partial charge in [-0.05, 0) is 49.2 Å². The summed E-state index contributed by atoms with van der Waals surface area (Å²) in [7, 11) is 0. The minimum Gasteiger partial charge on any atom is -0.508 e. The molecule has 4 nitrogen and oxygen atoms in total. The number of halogens is 1. The van der Waals surface area contributed by atoms with Crippen molar-refractivity contribution in [2.45, 2.75) is 38.1 Å². The first-order chi connectivity index (χ1) is 12.1. The molecule has 2 aromatic rings. The smallest absolute Gasteiger partial charge is 0.261 e. The van der Waals surface area contributed by atoms with Gasteiger partial charge in [0.2, 0.25) is 0 Å². The van der Waals surface area contributed by atoms with E-state index >= 15 is 0 Å². The lowest BCUT2D eigenvalue weighted by molar-refractivity contribution is 0.0549.